The van der Waals surface area contributed by atoms with Crippen LogP contribution in [-0.4, -0.2) is 44.3 Å². The third-order valence-corrected chi connectivity index (χ3v) is 7.36. The highest BCUT2D eigenvalue weighted by Gasteiger charge is 2.27. The first-order valence-electron chi connectivity index (χ1n) is 11.2. The summed E-state index contributed by atoms with van der Waals surface area (Å²) in [5.41, 5.74) is 0.0315. The van der Waals surface area contributed by atoms with Crippen molar-refractivity contribution in [3.63, 3.8) is 0 Å². The van der Waals surface area contributed by atoms with Gasteiger partial charge in [0.2, 0.25) is 5.91 Å². The molecule has 9 heteroatoms. The van der Waals surface area contributed by atoms with Crippen molar-refractivity contribution in [3.05, 3.63) is 59.9 Å². The molecule has 0 aliphatic carbocycles. The van der Waals surface area contributed by atoms with Crippen molar-refractivity contribution in [2.45, 2.75) is 50.5 Å². The molecule has 1 heterocycles. The molecule has 7 nitrogen and oxygen atoms in total. The van der Waals surface area contributed by atoms with E-state index in [-0.39, 0.29) is 39.9 Å². The van der Waals surface area contributed by atoms with Crippen LogP contribution < -0.4 is 10.0 Å². The maximum absolute atomic E-state index is 13.9. The highest BCUT2D eigenvalue weighted by molar-refractivity contribution is 7.92. The van der Waals surface area contributed by atoms with Crippen LogP contribution in [0.2, 0.25) is 0 Å². The average molecular weight is 476 g/mol. The molecule has 0 unspecified atom stereocenters. The summed E-state index contributed by atoms with van der Waals surface area (Å²) in [6.07, 6.45) is 2.92. The van der Waals surface area contributed by atoms with Gasteiger partial charge in [-0.05, 0) is 56.0 Å². The summed E-state index contributed by atoms with van der Waals surface area (Å²) in [7, 11) is -4.07. The monoisotopic (exact) mass is 475 g/mol. The van der Waals surface area contributed by atoms with Crippen molar-refractivity contribution in [2.24, 2.45) is 5.92 Å². The Morgan fingerprint density at radius 2 is 1.73 bits per heavy atom. The van der Waals surface area contributed by atoms with E-state index in [2.05, 4.69) is 10.0 Å². The van der Waals surface area contributed by atoms with E-state index in [0.717, 1.165) is 18.9 Å². The number of rotatable bonds is 8. The van der Waals surface area contributed by atoms with Gasteiger partial charge in [0.05, 0.1) is 10.6 Å². The van der Waals surface area contributed by atoms with Crippen LogP contribution in [0.25, 0.3) is 0 Å². The Hall–Kier alpha value is -2.94. The minimum atomic E-state index is -4.07. The van der Waals surface area contributed by atoms with E-state index in [0.29, 0.717) is 25.9 Å². The first kappa shape index (κ1) is 24.7. The van der Waals surface area contributed by atoms with Crippen LogP contribution in [0.5, 0.6) is 0 Å². The number of nitrogens with zero attached hydrogens (tertiary/aromatic N) is 1. The number of halogens is 1. The van der Waals surface area contributed by atoms with Gasteiger partial charge in [0.25, 0.3) is 15.9 Å². The second-order valence-corrected chi connectivity index (χ2v) is 9.88. The zero-order chi connectivity index (χ0) is 24.0. The summed E-state index contributed by atoms with van der Waals surface area (Å²) in [4.78, 5) is 27.0. The van der Waals surface area contributed by atoms with Crippen molar-refractivity contribution in [3.8, 4) is 0 Å². The van der Waals surface area contributed by atoms with Crippen LogP contribution in [0.1, 0.15) is 49.9 Å². The molecule has 1 fully saturated rings. The smallest absolute Gasteiger partial charge is 0.262 e. The molecule has 0 atom stereocenters. The summed E-state index contributed by atoms with van der Waals surface area (Å²) in [6, 6.07) is 11.0. The number of likely N-dealkylation sites (tertiary alicyclic amines) is 1. The van der Waals surface area contributed by atoms with Crippen LogP contribution in [0.15, 0.2) is 53.4 Å². The first-order chi connectivity index (χ1) is 15.7. The number of para-hydroxylation sites is 1. The number of carbonyl (C=O) groups is 2. The second kappa shape index (κ2) is 10.8. The van der Waals surface area contributed by atoms with E-state index in [1.165, 1.54) is 42.5 Å². The van der Waals surface area contributed by atoms with Crippen LogP contribution in [-0.2, 0) is 14.8 Å². The highest BCUT2D eigenvalue weighted by atomic mass is 32.2. The number of hydrogen-bond acceptors (Lipinski definition) is 4. The Balaban J connectivity index is 1.62. The Morgan fingerprint density at radius 3 is 2.36 bits per heavy atom. The van der Waals surface area contributed by atoms with Crippen LogP contribution in [0.3, 0.4) is 0 Å². The molecule has 0 radical (unpaired) electrons. The number of carbonyl (C=O) groups excluding carboxylic acids is 2. The molecule has 33 heavy (non-hydrogen) atoms. The van der Waals surface area contributed by atoms with E-state index in [4.69, 9.17) is 0 Å². The molecule has 178 valence electrons. The molecule has 2 aromatic carbocycles. The lowest BCUT2D eigenvalue weighted by molar-refractivity contribution is -0.136. The maximum atomic E-state index is 13.9. The second-order valence-electron chi connectivity index (χ2n) is 8.20. The van der Waals surface area contributed by atoms with E-state index >= 15 is 0 Å². The van der Waals surface area contributed by atoms with Crippen LogP contribution in [0.4, 0.5) is 10.1 Å². The molecular formula is C24H30FN3O4S. The van der Waals surface area contributed by atoms with Crippen molar-refractivity contribution < 1.29 is 22.4 Å². The van der Waals surface area contributed by atoms with E-state index in [1.807, 2.05) is 18.7 Å². The van der Waals surface area contributed by atoms with Gasteiger partial charge in [0.1, 0.15) is 5.82 Å². The predicted molar refractivity (Wildman–Crippen MR) is 125 cm³/mol. The number of anilines is 1. The van der Waals surface area contributed by atoms with Crippen molar-refractivity contribution >= 4 is 27.5 Å². The SMILES string of the molecule is CCC(CC)C(=O)N1CCC(NC(=O)c2cccc(S(=O)(=O)Nc3ccccc3F)c2)CC1. The largest absolute Gasteiger partial charge is 0.349 e. The number of piperidine rings is 1. The number of sulfonamides is 1. The Morgan fingerprint density at radius 1 is 1.06 bits per heavy atom. The fourth-order valence-electron chi connectivity index (χ4n) is 3.96. The minimum absolute atomic E-state index is 0.0406. The standard InChI is InChI=1S/C24H30FN3O4S/c1-3-17(4-2)24(30)28-14-12-19(13-15-28)26-23(29)18-8-7-9-20(16-18)33(31,32)27-22-11-6-5-10-21(22)25/h5-11,16-17,19,27H,3-4,12-15H2,1-2H3,(H,26,29). The lowest BCUT2D eigenvalue weighted by Gasteiger charge is -2.34. The Kier molecular flexibility index (Phi) is 8.07. The molecule has 1 saturated heterocycles. The Labute approximate surface area is 194 Å². The molecule has 0 aromatic heterocycles. The lowest BCUT2D eigenvalue weighted by Crippen LogP contribution is -2.48. The van der Waals surface area contributed by atoms with E-state index < -0.39 is 15.8 Å². The molecule has 2 amide bonds. The summed E-state index contributed by atoms with van der Waals surface area (Å²) < 4.78 is 41.4. The Bertz CT molecular complexity index is 1090. The summed E-state index contributed by atoms with van der Waals surface area (Å²) >= 11 is 0. The van der Waals surface area contributed by atoms with Gasteiger partial charge in [-0.2, -0.15) is 0 Å². The summed E-state index contributed by atoms with van der Waals surface area (Å²) in [5.74, 6) is -0.865. The molecule has 0 saturated carbocycles. The van der Waals surface area contributed by atoms with Crippen LogP contribution in [0, 0.1) is 11.7 Å². The topological polar surface area (TPSA) is 95.6 Å². The number of benzene rings is 2. The molecule has 2 aromatic rings. The van der Waals surface area contributed by atoms with Gasteiger partial charge >= 0.3 is 0 Å². The van der Waals surface area contributed by atoms with Crippen molar-refractivity contribution in [2.75, 3.05) is 17.8 Å². The normalized spacial score (nSPS) is 14.8. The van der Waals surface area contributed by atoms with E-state index in [1.54, 1.807) is 0 Å². The predicted octanol–water partition coefficient (Wildman–Crippen LogP) is 3.78. The molecular weight excluding hydrogens is 445 g/mol. The highest BCUT2D eigenvalue weighted by Crippen LogP contribution is 2.21. The molecule has 0 spiro atoms. The molecule has 0 bridgehead atoms. The van der Waals surface area contributed by atoms with Gasteiger partial charge in [0, 0.05) is 30.6 Å². The zero-order valence-corrected chi connectivity index (χ0v) is 19.7. The number of hydrogen-bond donors (Lipinski definition) is 2. The van der Waals surface area contributed by atoms with Gasteiger partial charge in [0.15, 0.2) is 0 Å². The van der Waals surface area contributed by atoms with Crippen molar-refractivity contribution in [1.82, 2.24) is 10.2 Å². The third-order valence-electron chi connectivity index (χ3n) is 6.00. The summed E-state index contributed by atoms with van der Waals surface area (Å²) in [5, 5.41) is 2.94. The average Bonchev–Trinajstić information content (AvgIpc) is 2.82. The fraction of sp³-hybridized carbons (Fsp3) is 0.417. The van der Waals surface area contributed by atoms with Crippen molar-refractivity contribution in [1.29, 1.82) is 0 Å². The van der Waals surface area contributed by atoms with Gasteiger partial charge < -0.3 is 10.2 Å². The molecule has 1 aliphatic heterocycles. The maximum Gasteiger partial charge on any atom is 0.262 e. The van der Waals surface area contributed by atoms with Gasteiger partial charge in [-0.15, -0.1) is 0 Å². The zero-order valence-electron chi connectivity index (χ0n) is 18.9. The summed E-state index contributed by atoms with van der Waals surface area (Å²) in [6.45, 7) is 5.20. The molecule has 2 N–H and O–H groups in total. The molecule has 3 rings (SSSR count). The van der Waals surface area contributed by atoms with Gasteiger partial charge in [-0.1, -0.05) is 32.0 Å². The molecule has 1 aliphatic rings. The van der Waals surface area contributed by atoms with E-state index in [9.17, 15) is 22.4 Å². The third kappa shape index (κ3) is 6.10. The van der Waals surface area contributed by atoms with Crippen LogP contribution >= 0.6 is 0 Å². The minimum Gasteiger partial charge on any atom is -0.349 e. The first-order valence-corrected chi connectivity index (χ1v) is 12.7. The quantitative estimate of drug-likeness (QED) is 0.607. The van der Waals surface area contributed by atoms with Gasteiger partial charge in [-0.25, -0.2) is 12.8 Å². The number of amides is 2. The fourth-order valence-corrected chi connectivity index (χ4v) is 5.07. The number of nitrogens with one attached hydrogen (secondary N) is 2. The van der Waals surface area contributed by atoms with Gasteiger partial charge in [-0.3, -0.25) is 14.3 Å². The lowest BCUT2D eigenvalue weighted by atomic mass is 9.98.